The number of allylic oxidation sites excluding steroid dienone is 1. The third-order valence-corrected chi connectivity index (χ3v) is 17.7. The summed E-state index contributed by atoms with van der Waals surface area (Å²) in [6, 6.07) is 21.6. The number of esters is 2. The van der Waals surface area contributed by atoms with E-state index >= 15 is 13.2 Å². The average Bonchev–Trinajstić information content (AvgIpc) is 4.55. The molecule has 9 unspecified atom stereocenters. The number of amides is 4. The number of thiophene rings is 2. The summed E-state index contributed by atoms with van der Waals surface area (Å²) in [6.07, 6.45) is 5.72. The fraction of sp³-hybridized carbons (Fsp3) is 0.317. The van der Waals surface area contributed by atoms with Gasteiger partial charge in [0.15, 0.2) is 0 Å². The van der Waals surface area contributed by atoms with Crippen LogP contribution >= 0.6 is 22.7 Å². The first-order valence-corrected chi connectivity index (χ1v) is 27.8. The molecule has 7 aliphatic rings. The van der Waals surface area contributed by atoms with Crippen LogP contribution in [-0.4, -0.2) is 109 Å². The Kier molecular flexibility index (Phi) is 15.0. The number of benzene rings is 2. The summed E-state index contributed by atoms with van der Waals surface area (Å²) in [5, 5.41) is 9.75. The first-order valence-electron chi connectivity index (χ1n) is 26.2. The molecule has 416 valence electrons. The summed E-state index contributed by atoms with van der Waals surface area (Å²) in [7, 11) is 0. The number of alkyl halides is 3. The molecule has 2 aromatic heterocycles. The Hall–Kier alpha value is -8.72. The number of hydrogen-bond donors (Lipinski definition) is 0. The van der Waals surface area contributed by atoms with Crippen LogP contribution in [0.3, 0.4) is 0 Å². The molecule has 4 amide bonds. The fourth-order valence-electron chi connectivity index (χ4n) is 11.6. The van der Waals surface area contributed by atoms with Crippen molar-refractivity contribution in [2.45, 2.75) is 62.6 Å². The molecular formula is C60H47F3N6O11S2. The maximum atomic E-state index is 15.6. The normalized spacial score (nSPS) is 26.3. The van der Waals surface area contributed by atoms with Crippen molar-refractivity contribution in [3.05, 3.63) is 174 Å². The quantitative estimate of drug-likeness (QED) is 0.0284. The Labute approximate surface area is 475 Å². The van der Waals surface area contributed by atoms with E-state index in [9.17, 15) is 34.0 Å². The van der Waals surface area contributed by atoms with Crippen molar-refractivity contribution in [3.63, 3.8) is 0 Å². The number of carbonyl (C=O) groups is 6. The number of carbonyl (C=O) groups excluding carboxylic acids is 6. The number of halogens is 3. The predicted molar refractivity (Wildman–Crippen MR) is 291 cm³/mol. The van der Waals surface area contributed by atoms with E-state index in [1.807, 2.05) is 66.4 Å². The van der Waals surface area contributed by atoms with E-state index in [0.717, 1.165) is 48.2 Å². The van der Waals surface area contributed by atoms with Gasteiger partial charge in [-0.3, -0.25) is 38.6 Å². The third-order valence-electron chi connectivity index (χ3n) is 15.5. The SMILES string of the molecule is [C-]#[N+]C1=C(/C=C/c2sc(/C=C/c3ccc(-c4ccc(N(CC)CCOC(=O)CCN5C(=O)C6C7C=CC(O7)C6C5=O)cc4)s3)cc2COC(=O)CCN2C(=O)C3C4C=CC(O4)C3C2=O)C(c2ccccc2)(C(F)(F)F)O/C1=C(\C#N)[N+]#[C-]. The van der Waals surface area contributed by atoms with E-state index in [0.29, 0.717) is 28.4 Å². The molecular weight excluding hydrogens is 1100 g/mol. The van der Waals surface area contributed by atoms with E-state index in [2.05, 4.69) is 9.69 Å². The Balaban J connectivity index is 0.778. The van der Waals surface area contributed by atoms with Gasteiger partial charge in [0.2, 0.25) is 34.9 Å². The number of nitrogens with zero attached hydrogens (tertiary/aromatic N) is 6. The van der Waals surface area contributed by atoms with Gasteiger partial charge >= 0.3 is 18.1 Å². The van der Waals surface area contributed by atoms with Crippen LogP contribution in [0.1, 0.15) is 45.5 Å². The fourth-order valence-corrected chi connectivity index (χ4v) is 13.5. The van der Waals surface area contributed by atoms with Crippen LogP contribution in [0.25, 0.3) is 38.4 Å². The molecule has 22 heteroatoms. The highest BCUT2D eigenvalue weighted by Crippen LogP contribution is 2.57. The Morgan fingerprint density at radius 1 is 0.768 bits per heavy atom. The van der Waals surface area contributed by atoms with Crippen molar-refractivity contribution < 1.29 is 65.6 Å². The molecule has 4 aromatic rings. The van der Waals surface area contributed by atoms with Gasteiger partial charge in [-0.05, 0) is 61.0 Å². The van der Waals surface area contributed by atoms with Gasteiger partial charge < -0.3 is 28.6 Å². The summed E-state index contributed by atoms with van der Waals surface area (Å²) in [5.74, 6) is -5.92. The highest BCUT2D eigenvalue weighted by Gasteiger charge is 2.65. The summed E-state index contributed by atoms with van der Waals surface area (Å²) < 4.78 is 75.1. The minimum Gasteiger partial charge on any atom is -0.491 e. The van der Waals surface area contributed by atoms with Crippen LogP contribution in [0.4, 0.5) is 18.9 Å². The molecule has 9 atom stereocenters. The van der Waals surface area contributed by atoms with Gasteiger partial charge in [-0.1, -0.05) is 72.8 Å². The second kappa shape index (κ2) is 22.3. The topological polar surface area (TPSA) is 191 Å². The predicted octanol–water partition coefficient (Wildman–Crippen LogP) is 9.05. The van der Waals surface area contributed by atoms with E-state index in [4.69, 9.17) is 36.8 Å². The number of fused-ring (bicyclic) bond motifs is 10. The number of anilines is 1. The monoisotopic (exact) mass is 1150 g/mol. The van der Waals surface area contributed by atoms with Gasteiger partial charge in [0, 0.05) is 61.5 Å². The minimum atomic E-state index is -5.22. The molecule has 0 saturated carbocycles. The van der Waals surface area contributed by atoms with Gasteiger partial charge in [-0.25, -0.2) is 15.0 Å². The van der Waals surface area contributed by atoms with Crippen LogP contribution in [0.2, 0.25) is 0 Å². The second-order valence-corrected chi connectivity index (χ2v) is 22.2. The zero-order valence-corrected chi connectivity index (χ0v) is 45.1. The number of likely N-dealkylation sites (tertiary alicyclic amines) is 2. The molecule has 4 saturated heterocycles. The van der Waals surface area contributed by atoms with Gasteiger partial charge in [0.05, 0.1) is 86.7 Å². The third kappa shape index (κ3) is 9.83. The van der Waals surface area contributed by atoms with Crippen LogP contribution in [0.5, 0.6) is 0 Å². The summed E-state index contributed by atoms with van der Waals surface area (Å²) in [5.41, 5.74) is -3.71. The Bertz CT molecular complexity index is 3560. The molecule has 9 heterocycles. The van der Waals surface area contributed by atoms with Crippen molar-refractivity contribution in [1.82, 2.24) is 9.80 Å². The smallest absolute Gasteiger partial charge is 0.435 e. The molecule has 11 rings (SSSR count). The van der Waals surface area contributed by atoms with Crippen LogP contribution in [0, 0.1) is 48.1 Å². The molecule has 0 aliphatic carbocycles. The van der Waals surface area contributed by atoms with E-state index in [-0.39, 0.29) is 51.0 Å². The van der Waals surface area contributed by atoms with Gasteiger partial charge in [0.25, 0.3) is 5.70 Å². The number of nitriles is 1. The number of imide groups is 2. The first kappa shape index (κ1) is 55.2. The highest BCUT2D eigenvalue weighted by atomic mass is 32.1. The molecule has 0 spiro atoms. The van der Waals surface area contributed by atoms with Crippen molar-refractivity contribution in [1.29, 1.82) is 5.26 Å². The van der Waals surface area contributed by atoms with Crippen LogP contribution in [-0.2, 0) is 64.7 Å². The largest absolute Gasteiger partial charge is 0.491 e. The standard InChI is InChI=1S/C60H47F3N6O11S2/c1-4-67(28-29-76-47(70)24-26-68-55(72)49-41-18-19-42(78-41)50(49)56(68)73)36-12-10-33(11-13-36)45-22-16-37(81-45)14-15-38-30-34(32-77-48(71)25-27-69-57(74)51-43-20-21-44(79-43)52(51)58(69)75)46(82-38)23-17-39-53(66-3)54(40(31-64)65-2)80-59(39,60(61,62)63)35-8-6-5-7-9-35/h5-23,30,41-44,49-52H,4,24-29,32H2,1H3/b15-14+,23-17+,54-40+. The van der Waals surface area contributed by atoms with Crippen LogP contribution < -0.4 is 4.90 Å². The molecule has 2 aromatic carbocycles. The van der Waals surface area contributed by atoms with Crippen molar-refractivity contribution in [2.75, 3.05) is 37.7 Å². The molecule has 4 fully saturated rings. The van der Waals surface area contributed by atoms with Crippen molar-refractivity contribution >= 4 is 82.2 Å². The molecule has 4 bridgehead atoms. The maximum absolute atomic E-state index is 15.6. The average molecular weight is 1150 g/mol. The lowest BCUT2D eigenvalue weighted by Crippen LogP contribution is -2.43. The zero-order chi connectivity index (χ0) is 57.6. The van der Waals surface area contributed by atoms with E-state index < -0.39 is 112 Å². The lowest BCUT2D eigenvalue weighted by atomic mass is 9.85. The number of rotatable bonds is 19. The lowest BCUT2D eigenvalue weighted by molar-refractivity contribution is -0.249. The molecule has 17 nitrogen and oxygen atoms in total. The Morgan fingerprint density at radius 2 is 1.34 bits per heavy atom. The summed E-state index contributed by atoms with van der Waals surface area (Å²) in [4.78, 5) is 91.7. The Morgan fingerprint density at radius 3 is 1.88 bits per heavy atom. The van der Waals surface area contributed by atoms with Crippen LogP contribution in [0.15, 0.2) is 126 Å². The van der Waals surface area contributed by atoms with Crippen molar-refractivity contribution in [2.24, 2.45) is 23.7 Å². The minimum absolute atomic E-state index is 0.0451. The molecule has 7 aliphatic heterocycles. The zero-order valence-electron chi connectivity index (χ0n) is 43.4. The van der Waals surface area contributed by atoms with Gasteiger partial charge in [-0.2, -0.15) is 13.2 Å². The van der Waals surface area contributed by atoms with Gasteiger partial charge in [0.1, 0.15) is 19.0 Å². The highest BCUT2D eigenvalue weighted by molar-refractivity contribution is 7.16. The lowest BCUT2D eigenvalue weighted by Gasteiger charge is -2.34. The number of hydrogen-bond acceptors (Lipinski definition) is 15. The van der Waals surface area contributed by atoms with Crippen molar-refractivity contribution in [3.8, 4) is 16.5 Å². The second-order valence-electron chi connectivity index (χ2n) is 20.0. The maximum Gasteiger partial charge on any atom is 0.435 e. The van der Waals surface area contributed by atoms with E-state index in [1.54, 1.807) is 30.4 Å². The molecule has 0 radical (unpaired) electrons. The summed E-state index contributed by atoms with van der Waals surface area (Å²) >= 11 is 2.64. The first-order chi connectivity index (χ1) is 39.6. The number of ether oxygens (including phenoxy) is 5. The number of likely N-dealkylation sites (N-methyl/N-ethyl adjacent to an activating group) is 1. The van der Waals surface area contributed by atoms with E-state index in [1.165, 1.54) is 47.7 Å². The van der Waals surface area contributed by atoms with Gasteiger partial charge in [-0.15, -0.1) is 22.7 Å². The molecule has 0 N–H and O–H groups in total. The summed E-state index contributed by atoms with van der Waals surface area (Å²) in [6.45, 7) is 18.0. The molecule has 82 heavy (non-hydrogen) atoms.